The Morgan fingerprint density at radius 3 is 2.79 bits per heavy atom. The number of aromatic nitrogens is 3. The molecule has 2 aromatic heterocycles. The molecule has 0 bridgehead atoms. The summed E-state index contributed by atoms with van der Waals surface area (Å²) in [7, 11) is 0. The average molecular weight is 328 g/mol. The van der Waals surface area contributed by atoms with Gasteiger partial charge in [0.1, 0.15) is 0 Å². The van der Waals surface area contributed by atoms with E-state index in [1.165, 1.54) is 51.6 Å². The van der Waals surface area contributed by atoms with Crippen LogP contribution in [-0.4, -0.2) is 39.1 Å². The molecule has 1 N–H and O–H groups in total. The van der Waals surface area contributed by atoms with Gasteiger partial charge in [0.15, 0.2) is 5.65 Å². The minimum absolute atomic E-state index is 0.0285. The maximum absolute atomic E-state index is 12.4. The smallest absolute Gasteiger partial charge is 0.275 e. The van der Waals surface area contributed by atoms with Crippen LogP contribution in [0.2, 0.25) is 0 Å². The molecule has 1 atom stereocenters. The van der Waals surface area contributed by atoms with Crippen molar-refractivity contribution >= 4 is 5.65 Å². The lowest BCUT2D eigenvalue weighted by molar-refractivity contribution is 0.232. The van der Waals surface area contributed by atoms with Crippen LogP contribution in [0.15, 0.2) is 10.9 Å². The highest BCUT2D eigenvalue weighted by Crippen LogP contribution is 2.30. The molecular formula is C19H28N4O. The normalized spacial score (nSPS) is 23.3. The lowest BCUT2D eigenvalue weighted by Crippen LogP contribution is -2.28. The fourth-order valence-corrected chi connectivity index (χ4v) is 4.43. The van der Waals surface area contributed by atoms with Gasteiger partial charge in [0.2, 0.25) is 0 Å². The predicted molar refractivity (Wildman–Crippen MR) is 95.7 cm³/mol. The minimum atomic E-state index is 0.0285. The van der Waals surface area contributed by atoms with Crippen LogP contribution in [0.4, 0.5) is 0 Å². The monoisotopic (exact) mass is 328 g/mol. The molecule has 0 radical (unpaired) electrons. The molecule has 0 unspecified atom stereocenters. The summed E-state index contributed by atoms with van der Waals surface area (Å²) in [6.07, 6.45) is 8.24. The third kappa shape index (κ3) is 2.90. The zero-order chi connectivity index (χ0) is 16.7. The van der Waals surface area contributed by atoms with Gasteiger partial charge in [-0.05, 0) is 45.6 Å². The van der Waals surface area contributed by atoms with Crippen LogP contribution in [0.5, 0.6) is 0 Å². The number of likely N-dealkylation sites (tertiary alicyclic amines) is 1. The van der Waals surface area contributed by atoms with E-state index in [9.17, 15) is 4.79 Å². The molecule has 24 heavy (non-hydrogen) atoms. The Balaban J connectivity index is 1.49. The van der Waals surface area contributed by atoms with Crippen molar-refractivity contribution in [3.63, 3.8) is 0 Å². The van der Waals surface area contributed by atoms with Crippen molar-refractivity contribution in [3.8, 4) is 0 Å². The molecule has 5 nitrogen and oxygen atoms in total. The molecule has 4 rings (SSSR count). The van der Waals surface area contributed by atoms with Crippen LogP contribution in [-0.2, 0) is 0 Å². The Kier molecular flexibility index (Phi) is 4.21. The van der Waals surface area contributed by atoms with Crippen LogP contribution >= 0.6 is 0 Å². The lowest BCUT2D eigenvalue weighted by Gasteiger charge is -2.26. The van der Waals surface area contributed by atoms with E-state index in [1.807, 2.05) is 13.8 Å². The number of nitrogens with zero attached hydrogens (tertiary/aromatic N) is 3. The summed E-state index contributed by atoms with van der Waals surface area (Å²) in [6.45, 7) is 7.30. The molecule has 2 aromatic rings. The Morgan fingerprint density at radius 1 is 1.21 bits per heavy atom. The molecule has 1 saturated carbocycles. The Hall–Kier alpha value is -1.62. The first-order valence-corrected chi connectivity index (χ1v) is 9.43. The topological polar surface area (TPSA) is 53.4 Å². The van der Waals surface area contributed by atoms with E-state index < -0.39 is 0 Å². The average Bonchev–Trinajstić information content (AvgIpc) is 3.20. The zero-order valence-electron chi connectivity index (χ0n) is 14.8. The van der Waals surface area contributed by atoms with Gasteiger partial charge < -0.3 is 4.90 Å². The first-order chi connectivity index (χ1) is 11.6. The summed E-state index contributed by atoms with van der Waals surface area (Å²) in [4.78, 5) is 19.6. The van der Waals surface area contributed by atoms with Gasteiger partial charge in [-0.3, -0.25) is 9.89 Å². The van der Waals surface area contributed by atoms with Crippen molar-refractivity contribution in [1.29, 1.82) is 0 Å². The molecular weight excluding hydrogens is 300 g/mol. The summed E-state index contributed by atoms with van der Waals surface area (Å²) in [5, 5.41) is 3.31. The van der Waals surface area contributed by atoms with Gasteiger partial charge in [-0.15, -0.1) is 0 Å². The third-order valence-corrected chi connectivity index (χ3v) is 6.06. The summed E-state index contributed by atoms with van der Waals surface area (Å²) in [5.41, 5.74) is 3.50. The first-order valence-electron chi connectivity index (χ1n) is 9.43. The standard InChI is InChI=1S/C19H28N4O/c1-13-14(2)20-18-10-17(21-23(18)19(13)24)16-8-9-22(12-16)11-15-6-4-3-5-7-15/h10,15-16,21H,3-9,11-12H2,1-2H3/t16-/m1/s1. The Labute approximate surface area is 143 Å². The molecule has 1 aliphatic heterocycles. The molecule has 2 aliphatic rings. The number of hydrogen-bond donors (Lipinski definition) is 1. The number of hydrogen-bond acceptors (Lipinski definition) is 3. The second kappa shape index (κ2) is 6.36. The number of rotatable bonds is 3. The number of H-pyrrole nitrogens is 1. The molecule has 1 saturated heterocycles. The summed E-state index contributed by atoms with van der Waals surface area (Å²) >= 11 is 0. The van der Waals surface area contributed by atoms with Gasteiger partial charge in [0.25, 0.3) is 5.56 Å². The number of aryl methyl sites for hydroxylation is 1. The van der Waals surface area contributed by atoms with E-state index in [2.05, 4.69) is 21.0 Å². The van der Waals surface area contributed by atoms with Crippen molar-refractivity contribution < 1.29 is 0 Å². The molecule has 0 amide bonds. The van der Waals surface area contributed by atoms with Crippen LogP contribution in [0.1, 0.15) is 61.4 Å². The SMILES string of the molecule is Cc1nc2cc([C@@H]3CCN(CC4CCCCC4)C3)[nH]n2c(=O)c1C. The van der Waals surface area contributed by atoms with Gasteiger partial charge in [-0.25, -0.2) is 9.50 Å². The fraction of sp³-hybridized carbons (Fsp3) is 0.684. The quantitative estimate of drug-likeness (QED) is 0.942. The van der Waals surface area contributed by atoms with E-state index in [-0.39, 0.29) is 5.56 Å². The Bertz CT molecular complexity index is 784. The number of aromatic amines is 1. The van der Waals surface area contributed by atoms with Crippen molar-refractivity contribution in [2.75, 3.05) is 19.6 Å². The van der Waals surface area contributed by atoms with E-state index >= 15 is 0 Å². The van der Waals surface area contributed by atoms with Crippen molar-refractivity contribution in [2.45, 2.75) is 58.3 Å². The molecule has 0 aromatic carbocycles. The van der Waals surface area contributed by atoms with E-state index in [0.717, 1.165) is 35.1 Å². The van der Waals surface area contributed by atoms with Crippen LogP contribution in [0, 0.1) is 19.8 Å². The van der Waals surface area contributed by atoms with Crippen molar-refractivity contribution in [1.82, 2.24) is 19.5 Å². The Morgan fingerprint density at radius 2 is 2.00 bits per heavy atom. The van der Waals surface area contributed by atoms with Gasteiger partial charge in [-0.2, -0.15) is 0 Å². The van der Waals surface area contributed by atoms with Crippen LogP contribution in [0.3, 0.4) is 0 Å². The van der Waals surface area contributed by atoms with Crippen LogP contribution < -0.4 is 5.56 Å². The highest BCUT2D eigenvalue weighted by Gasteiger charge is 2.28. The molecule has 130 valence electrons. The predicted octanol–water partition coefficient (Wildman–Crippen LogP) is 3.01. The summed E-state index contributed by atoms with van der Waals surface area (Å²) in [6, 6.07) is 2.07. The highest BCUT2D eigenvalue weighted by molar-refractivity contribution is 5.42. The number of fused-ring (bicyclic) bond motifs is 1. The summed E-state index contributed by atoms with van der Waals surface area (Å²) in [5.74, 6) is 1.39. The van der Waals surface area contributed by atoms with E-state index in [1.54, 1.807) is 4.52 Å². The van der Waals surface area contributed by atoms with Crippen molar-refractivity contribution in [3.05, 3.63) is 33.4 Å². The minimum Gasteiger partial charge on any atom is -0.302 e. The molecule has 0 spiro atoms. The van der Waals surface area contributed by atoms with Gasteiger partial charge >= 0.3 is 0 Å². The molecule has 5 heteroatoms. The second-order valence-electron chi connectivity index (χ2n) is 7.78. The molecule has 1 aliphatic carbocycles. The van der Waals surface area contributed by atoms with Crippen LogP contribution in [0.25, 0.3) is 5.65 Å². The maximum Gasteiger partial charge on any atom is 0.275 e. The third-order valence-electron chi connectivity index (χ3n) is 6.06. The zero-order valence-corrected chi connectivity index (χ0v) is 14.8. The first kappa shape index (κ1) is 15.9. The second-order valence-corrected chi connectivity index (χ2v) is 7.78. The van der Waals surface area contributed by atoms with Gasteiger partial charge in [-0.1, -0.05) is 19.3 Å². The van der Waals surface area contributed by atoms with Gasteiger partial charge in [0, 0.05) is 42.0 Å². The van der Waals surface area contributed by atoms with Crippen molar-refractivity contribution in [2.24, 2.45) is 5.92 Å². The number of nitrogens with one attached hydrogen (secondary N) is 1. The summed E-state index contributed by atoms with van der Waals surface area (Å²) < 4.78 is 1.61. The molecule has 2 fully saturated rings. The van der Waals surface area contributed by atoms with E-state index in [0.29, 0.717) is 5.92 Å². The van der Waals surface area contributed by atoms with Gasteiger partial charge in [0.05, 0.1) is 0 Å². The lowest BCUT2D eigenvalue weighted by atomic mass is 9.89. The molecule has 3 heterocycles. The maximum atomic E-state index is 12.4. The largest absolute Gasteiger partial charge is 0.302 e. The fourth-order valence-electron chi connectivity index (χ4n) is 4.43. The highest BCUT2D eigenvalue weighted by atomic mass is 16.1. The van der Waals surface area contributed by atoms with E-state index in [4.69, 9.17) is 0 Å².